The van der Waals surface area contributed by atoms with Gasteiger partial charge in [-0.25, -0.2) is 0 Å². The van der Waals surface area contributed by atoms with Gasteiger partial charge in [0.05, 0.1) is 26.7 Å². The van der Waals surface area contributed by atoms with Gasteiger partial charge >= 0.3 is 0 Å². The van der Waals surface area contributed by atoms with Crippen LogP contribution < -0.4 is 20.1 Å². The minimum atomic E-state index is -0.713. The molecule has 0 aromatic heterocycles. The maximum atomic E-state index is 13.2. The van der Waals surface area contributed by atoms with E-state index in [2.05, 4.69) is 10.6 Å². The molecule has 0 aliphatic heterocycles. The summed E-state index contributed by atoms with van der Waals surface area (Å²) in [5.41, 5.74) is 2.77. The van der Waals surface area contributed by atoms with Crippen molar-refractivity contribution in [1.29, 1.82) is 0 Å². The van der Waals surface area contributed by atoms with Crippen molar-refractivity contribution >= 4 is 11.8 Å². The van der Waals surface area contributed by atoms with Gasteiger partial charge in [0.1, 0.15) is 17.5 Å². The fourth-order valence-corrected chi connectivity index (χ4v) is 3.52. The molecule has 6 heteroatoms. The lowest BCUT2D eigenvalue weighted by molar-refractivity contribution is -0.129. The van der Waals surface area contributed by atoms with Crippen LogP contribution >= 0.6 is 0 Å². The Morgan fingerprint density at radius 3 is 1.85 bits per heavy atom. The van der Waals surface area contributed by atoms with E-state index in [0.29, 0.717) is 6.42 Å². The van der Waals surface area contributed by atoms with Gasteiger partial charge in [0.25, 0.3) is 0 Å². The number of ether oxygens (including phenoxy) is 2. The first-order valence-corrected chi connectivity index (χ1v) is 10.9. The summed E-state index contributed by atoms with van der Waals surface area (Å²) in [6.07, 6.45) is 0.538. The molecule has 3 aromatic rings. The molecule has 6 nitrogen and oxygen atoms in total. The average molecular weight is 447 g/mol. The highest BCUT2D eigenvalue weighted by molar-refractivity contribution is 5.88. The van der Waals surface area contributed by atoms with Gasteiger partial charge in [-0.05, 0) is 47.9 Å². The Balaban J connectivity index is 1.71. The number of rotatable bonds is 10. The summed E-state index contributed by atoms with van der Waals surface area (Å²) in [4.78, 5) is 25.9. The van der Waals surface area contributed by atoms with E-state index in [9.17, 15) is 9.59 Å². The van der Waals surface area contributed by atoms with Crippen LogP contribution in [0.25, 0.3) is 0 Å². The Morgan fingerprint density at radius 2 is 1.30 bits per heavy atom. The normalized spacial score (nSPS) is 12.3. The fraction of sp³-hybridized carbons (Fsp3) is 0.259. The molecular weight excluding hydrogens is 416 g/mol. The first-order valence-electron chi connectivity index (χ1n) is 10.9. The zero-order valence-electron chi connectivity index (χ0n) is 19.2. The van der Waals surface area contributed by atoms with E-state index in [-0.39, 0.29) is 24.3 Å². The zero-order chi connectivity index (χ0) is 23.6. The molecule has 2 atom stereocenters. The van der Waals surface area contributed by atoms with E-state index in [1.165, 1.54) is 0 Å². The van der Waals surface area contributed by atoms with Crippen LogP contribution in [0.3, 0.4) is 0 Å². The number of hydrogen-bond donors (Lipinski definition) is 2. The number of hydrogen-bond acceptors (Lipinski definition) is 4. The van der Waals surface area contributed by atoms with Gasteiger partial charge in [-0.3, -0.25) is 9.59 Å². The predicted molar refractivity (Wildman–Crippen MR) is 128 cm³/mol. The highest BCUT2D eigenvalue weighted by atomic mass is 16.5. The summed E-state index contributed by atoms with van der Waals surface area (Å²) in [6, 6.07) is 23.6. The number of benzene rings is 3. The van der Waals surface area contributed by atoms with Crippen molar-refractivity contribution < 1.29 is 19.1 Å². The molecule has 172 valence electrons. The molecule has 0 unspecified atom stereocenters. The van der Waals surface area contributed by atoms with Gasteiger partial charge in [-0.1, -0.05) is 54.6 Å². The van der Waals surface area contributed by atoms with E-state index >= 15 is 0 Å². The first-order chi connectivity index (χ1) is 16.0. The molecule has 0 fully saturated rings. The first kappa shape index (κ1) is 23.9. The van der Waals surface area contributed by atoms with Crippen LogP contribution in [-0.4, -0.2) is 32.1 Å². The van der Waals surface area contributed by atoms with E-state index in [4.69, 9.17) is 9.47 Å². The Kier molecular flexibility index (Phi) is 8.47. The zero-order valence-corrected chi connectivity index (χ0v) is 19.2. The van der Waals surface area contributed by atoms with E-state index in [1.807, 2.05) is 85.8 Å². The molecule has 0 saturated carbocycles. The smallest absolute Gasteiger partial charge is 0.243 e. The van der Waals surface area contributed by atoms with Crippen molar-refractivity contribution in [2.24, 2.45) is 0 Å². The lowest BCUT2D eigenvalue weighted by Crippen LogP contribution is -2.49. The molecule has 0 bridgehead atoms. The quantitative estimate of drug-likeness (QED) is 0.496. The number of nitrogens with one attached hydrogen (secondary N) is 2. The van der Waals surface area contributed by atoms with Crippen LogP contribution in [0.15, 0.2) is 78.9 Å². The maximum Gasteiger partial charge on any atom is 0.243 e. The second kappa shape index (κ2) is 11.7. The summed E-state index contributed by atoms with van der Waals surface area (Å²) in [7, 11) is 3.20. The lowest BCUT2D eigenvalue weighted by atomic mass is 10.0. The summed E-state index contributed by atoms with van der Waals surface area (Å²) in [6.45, 7) is 1.93. The Hall–Kier alpha value is -3.80. The van der Waals surface area contributed by atoms with Crippen molar-refractivity contribution in [2.45, 2.75) is 31.8 Å². The number of carbonyl (C=O) groups is 2. The third kappa shape index (κ3) is 7.10. The monoisotopic (exact) mass is 446 g/mol. The minimum absolute atomic E-state index is 0.171. The van der Waals surface area contributed by atoms with Crippen LogP contribution in [0.2, 0.25) is 0 Å². The third-order valence-electron chi connectivity index (χ3n) is 5.43. The van der Waals surface area contributed by atoms with E-state index < -0.39 is 6.04 Å². The molecule has 0 aliphatic carbocycles. The highest BCUT2D eigenvalue weighted by Crippen LogP contribution is 2.16. The molecular formula is C27H30N2O4. The molecule has 0 heterocycles. The Morgan fingerprint density at radius 1 is 0.758 bits per heavy atom. The fourth-order valence-electron chi connectivity index (χ4n) is 3.52. The van der Waals surface area contributed by atoms with Crippen LogP contribution in [0, 0.1) is 0 Å². The molecule has 3 rings (SSSR count). The topological polar surface area (TPSA) is 76.7 Å². The molecule has 2 amide bonds. The second-order valence-electron chi connectivity index (χ2n) is 7.84. The molecule has 0 radical (unpaired) electrons. The van der Waals surface area contributed by atoms with Crippen molar-refractivity contribution in [3.8, 4) is 11.5 Å². The summed E-state index contributed by atoms with van der Waals surface area (Å²) in [5.74, 6) is 1.01. The molecule has 2 N–H and O–H groups in total. The van der Waals surface area contributed by atoms with Gasteiger partial charge in [-0.15, -0.1) is 0 Å². The Bertz CT molecular complexity index is 1030. The van der Waals surface area contributed by atoms with Crippen molar-refractivity contribution in [1.82, 2.24) is 10.6 Å². The van der Waals surface area contributed by atoms with Gasteiger partial charge in [0.2, 0.25) is 11.8 Å². The standard InChI is InChI=1S/C27H30N2O4/c1-19(22-7-5-4-6-8-22)28-27(31)25(17-20-9-13-23(32-2)14-10-20)29-26(30)18-21-11-15-24(33-3)16-12-21/h4-16,19,25H,17-18H2,1-3H3,(H,28,31)(H,29,30)/t19-,25+/m1/s1. The summed E-state index contributed by atoms with van der Waals surface area (Å²) >= 11 is 0. The minimum Gasteiger partial charge on any atom is -0.497 e. The maximum absolute atomic E-state index is 13.2. The van der Waals surface area contributed by atoms with Crippen molar-refractivity contribution in [3.63, 3.8) is 0 Å². The molecule has 3 aromatic carbocycles. The number of methoxy groups -OCH3 is 2. The van der Waals surface area contributed by atoms with Gasteiger partial charge in [0.15, 0.2) is 0 Å². The average Bonchev–Trinajstić information content (AvgIpc) is 2.85. The molecule has 0 saturated heterocycles. The van der Waals surface area contributed by atoms with Gasteiger partial charge in [-0.2, -0.15) is 0 Å². The largest absolute Gasteiger partial charge is 0.497 e. The Labute approximate surface area is 194 Å². The van der Waals surface area contributed by atoms with Gasteiger partial charge in [0, 0.05) is 6.42 Å². The molecule has 0 aliphatic rings. The third-order valence-corrected chi connectivity index (χ3v) is 5.43. The second-order valence-corrected chi connectivity index (χ2v) is 7.84. The van der Waals surface area contributed by atoms with Crippen molar-refractivity contribution in [2.75, 3.05) is 14.2 Å². The molecule has 33 heavy (non-hydrogen) atoms. The highest BCUT2D eigenvalue weighted by Gasteiger charge is 2.23. The van der Waals surface area contributed by atoms with Crippen molar-refractivity contribution in [3.05, 3.63) is 95.6 Å². The van der Waals surface area contributed by atoms with Crippen LogP contribution in [-0.2, 0) is 22.4 Å². The van der Waals surface area contributed by atoms with Crippen LogP contribution in [0.1, 0.15) is 29.7 Å². The van der Waals surface area contributed by atoms with E-state index in [1.54, 1.807) is 14.2 Å². The SMILES string of the molecule is COc1ccc(CC(=O)N[C@@H](Cc2ccc(OC)cc2)C(=O)N[C@H](C)c2ccccc2)cc1. The summed E-state index contributed by atoms with van der Waals surface area (Å²) < 4.78 is 10.4. The number of amides is 2. The summed E-state index contributed by atoms with van der Waals surface area (Å²) in [5, 5.41) is 5.94. The predicted octanol–water partition coefficient (Wildman–Crippen LogP) is 3.85. The lowest BCUT2D eigenvalue weighted by Gasteiger charge is -2.22. The van der Waals surface area contributed by atoms with Crippen LogP contribution in [0.5, 0.6) is 11.5 Å². The van der Waals surface area contributed by atoms with Gasteiger partial charge < -0.3 is 20.1 Å². The molecule has 0 spiro atoms. The van der Waals surface area contributed by atoms with E-state index in [0.717, 1.165) is 28.2 Å². The number of carbonyl (C=O) groups excluding carboxylic acids is 2. The van der Waals surface area contributed by atoms with Crippen LogP contribution in [0.4, 0.5) is 0 Å².